The number of nitrogens with two attached hydrogens (primary N) is 1. The zero-order valence-corrected chi connectivity index (χ0v) is 14.0. The van der Waals surface area contributed by atoms with Gasteiger partial charge in [-0.05, 0) is 25.5 Å². The maximum absolute atomic E-state index is 14.1. The first kappa shape index (κ1) is 17.6. The van der Waals surface area contributed by atoms with Crippen molar-refractivity contribution in [3.63, 3.8) is 0 Å². The standard InChI is InChI=1S/C13H20BrFN2O2S/c1-3-4-5-9(2)17-20(18,19)12-7-11(14)6-10(8-16)13(12)15/h6-7,9,17H,3-5,8,16H2,1-2H3. The highest BCUT2D eigenvalue weighted by Crippen LogP contribution is 2.24. The maximum Gasteiger partial charge on any atom is 0.243 e. The van der Waals surface area contributed by atoms with Crippen molar-refractivity contribution in [3.05, 3.63) is 28.0 Å². The van der Waals surface area contributed by atoms with Gasteiger partial charge < -0.3 is 5.73 Å². The Labute approximate surface area is 128 Å². The third-order valence-electron chi connectivity index (χ3n) is 2.94. The highest BCUT2D eigenvalue weighted by Gasteiger charge is 2.23. The molecular weight excluding hydrogens is 347 g/mol. The van der Waals surface area contributed by atoms with Gasteiger partial charge in [0, 0.05) is 22.6 Å². The van der Waals surface area contributed by atoms with Gasteiger partial charge in [-0.15, -0.1) is 0 Å². The Bertz CT molecular complexity index is 564. The number of unbranched alkanes of at least 4 members (excludes halogenated alkanes) is 1. The van der Waals surface area contributed by atoms with Crippen LogP contribution in [0.1, 0.15) is 38.7 Å². The van der Waals surface area contributed by atoms with Crippen LogP contribution in [0.3, 0.4) is 0 Å². The maximum atomic E-state index is 14.1. The van der Waals surface area contributed by atoms with Gasteiger partial charge >= 0.3 is 0 Å². The molecule has 0 aliphatic heterocycles. The van der Waals surface area contributed by atoms with Crippen molar-refractivity contribution in [1.29, 1.82) is 0 Å². The van der Waals surface area contributed by atoms with Crippen molar-refractivity contribution in [2.24, 2.45) is 5.73 Å². The molecule has 1 aromatic rings. The van der Waals surface area contributed by atoms with E-state index in [1.54, 1.807) is 6.92 Å². The third-order valence-corrected chi connectivity index (χ3v) is 4.98. The van der Waals surface area contributed by atoms with E-state index < -0.39 is 15.8 Å². The van der Waals surface area contributed by atoms with Crippen LogP contribution < -0.4 is 10.5 Å². The Balaban J connectivity index is 3.06. The Morgan fingerprint density at radius 1 is 1.45 bits per heavy atom. The van der Waals surface area contributed by atoms with E-state index in [0.717, 1.165) is 19.3 Å². The zero-order chi connectivity index (χ0) is 15.3. The smallest absolute Gasteiger partial charge is 0.243 e. The second-order valence-electron chi connectivity index (χ2n) is 4.75. The van der Waals surface area contributed by atoms with E-state index in [9.17, 15) is 12.8 Å². The second-order valence-corrected chi connectivity index (χ2v) is 7.34. The molecular formula is C13H20BrFN2O2S. The van der Waals surface area contributed by atoms with E-state index in [4.69, 9.17) is 5.73 Å². The molecule has 0 aromatic heterocycles. The molecule has 1 aromatic carbocycles. The van der Waals surface area contributed by atoms with Gasteiger partial charge in [0.15, 0.2) is 0 Å². The molecule has 114 valence electrons. The van der Waals surface area contributed by atoms with Gasteiger partial charge in [-0.25, -0.2) is 17.5 Å². The van der Waals surface area contributed by atoms with Crippen molar-refractivity contribution in [1.82, 2.24) is 4.72 Å². The minimum absolute atomic E-state index is 0.0564. The summed E-state index contributed by atoms with van der Waals surface area (Å²) in [5.41, 5.74) is 5.59. The zero-order valence-electron chi connectivity index (χ0n) is 11.6. The van der Waals surface area contributed by atoms with Crippen LogP contribution in [0.2, 0.25) is 0 Å². The summed E-state index contributed by atoms with van der Waals surface area (Å²) in [6.45, 7) is 3.74. The molecule has 1 unspecified atom stereocenters. The lowest BCUT2D eigenvalue weighted by Crippen LogP contribution is -2.33. The van der Waals surface area contributed by atoms with E-state index in [1.165, 1.54) is 12.1 Å². The number of hydrogen-bond acceptors (Lipinski definition) is 3. The molecule has 1 atom stereocenters. The van der Waals surface area contributed by atoms with Crippen molar-refractivity contribution < 1.29 is 12.8 Å². The lowest BCUT2D eigenvalue weighted by molar-refractivity contribution is 0.521. The fourth-order valence-corrected chi connectivity index (χ4v) is 3.94. The first-order valence-electron chi connectivity index (χ1n) is 6.52. The monoisotopic (exact) mass is 366 g/mol. The largest absolute Gasteiger partial charge is 0.326 e. The molecule has 20 heavy (non-hydrogen) atoms. The second kappa shape index (κ2) is 7.49. The van der Waals surface area contributed by atoms with Crippen LogP contribution in [0.5, 0.6) is 0 Å². The molecule has 1 rings (SSSR count). The van der Waals surface area contributed by atoms with E-state index in [0.29, 0.717) is 4.47 Å². The minimum Gasteiger partial charge on any atom is -0.326 e. The third kappa shape index (κ3) is 4.51. The van der Waals surface area contributed by atoms with E-state index in [2.05, 4.69) is 20.7 Å². The molecule has 0 aliphatic carbocycles. The molecule has 0 saturated heterocycles. The van der Waals surface area contributed by atoms with Crippen LogP contribution in [-0.4, -0.2) is 14.5 Å². The summed E-state index contributed by atoms with van der Waals surface area (Å²) < 4.78 is 41.6. The molecule has 0 amide bonds. The van der Waals surface area contributed by atoms with Gasteiger partial charge in [-0.2, -0.15) is 0 Å². The van der Waals surface area contributed by atoms with E-state index in [1.807, 2.05) is 6.92 Å². The summed E-state index contributed by atoms with van der Waals surface area (Å²) in [6, 6.07) is 2.50. The SMILES string of the molecule is CCCCC(C)NS(=O)(=O)c1cc(Br)cc(CN)c1F. The van der Waals surface area contributed by atoms with E-state index in [-0.39, 0.29) is 23.0 Å². The summed E-state index contributed by atoms with van der Waals surface area (Å²) in [4.78, 5) is -0.365. The number of nitrogens with one attached hydrogen (secondary N) is 1. The highest BCUT2D eigenvalue weighted by atomic mass is 79.9. The van der Waals surface area contributed by atoms with Crippen LogP contribution in [-0.2, 0) is 16.6 Å². The molecule has 3 N–H and O–H groups in total. The number of sulfonamides is 1. The van der Waals surface area contributed by atoms with Crippen molar-refractivity contribution in [2.75, 3.05) is 0 Å². The van der Waals surface area contributed by atoms with Gasteiger partial charge in [0.25, 0.3) is 0 Å². The first-order chi connectivity index (χ1) is 9.31. The summed E-state index contributed by atoms with van der Waals surface area (Å²) in [5, 5.41) is 0. The van der Waals surface area contributed by atoms with Crippen molar-refractivity contribution in [2.45, 2.75) is 50.6 Å². The number of benzene rings is 1. The fraction of sp³-hybridized carbons (Fsp3) is 0.538. The van der Waals surface area contributed by atoms with E-state index >= 15 is 0 Å². The molecule has 0 fully saturated rings. The number of hydrogen-bond donors (Lipinski definition) is 2. The molecule has 4 nitrogen and oxygen atoms in total. The molecule has 0 radical (unpaired) electrons. The summed E-state index contributed by atoms with van der Waals surface area (Å²) in [6.07, 6.45) is 2.61. The van der Waals surface area contributed by atoms with Gasteiger partial charge in [-0.3, -0.25) is 0 Å². The minimum atomic E-state index is -3.89. The molecule has 0 aliphatic rings. The highest BCUT2D eigenvalue weighted by molar-refractivity contribution is 9.10. The van der Waals surface area contributed by atoms with Crippen molar-refractivity contribution >= 4 is 26.0 Å². The Hall–Kier alpha value is -0.500. The predicted molar refractivity (Wildman–Crippen MR) is 81.3 cm³/mol. The Morgan fingerprint density at radius 3 is 2.65 bits per heavy atom. The fourth-order valence-electron chi connectivity index (χ4n) is 1.86. The summed E-state index contributed by atoms with van der Waals surface area (Å²) in [5.74, 6) is -0.786. The molecule has 0 heterocycles. The predicted octanol–water partition coefficient (Wildman–Crippen LogP) is 2.90. The quantitative estimate of drug-likeness (QED) is 0.778. The van der Waals surface area contributed by atoms with Crippen LogP contribution >= 0.6 is 15.9 Å². The Morgan fingerprint density at radius 2 is 2.10 bits per heavy atom. The number of rotatable bonds is 7. The lowest BCUT2D eigenvalue weighted by atomic mass is 10.2. The van der Waals surface area contributed by atoms with Gasteiger partial charge in [0.2, 0.25) is 10.0 Å². The van der Waals surface area contributed by atoms with Crippen LogP contribution in [0.15, 0.2) is 21.5 Å². The molecule has 0 spiro atoms. The van der Waals surface area contributed by atoms with Crippen LogP contribution in [0.25, 0.3) is 0 Å². The normalized spacial score (nSPS) is 13.4. The van der Waals surface area contributed by atoms with Crippen LogP contribution in [0, 0.1) is 5.82 Å². The summed E-state index contributed by atoms with van der Waals surface area (Å²) >= 11 is 3.17. The van der Waals surface area contributed by atoms with Gasteiger partial charge in [-0.1, -0.05) is 35.7 Å². The lowest BCUT2D eigenvalue weighted by Gasteiger charge is -2.15. The molecule has 0 bridgehead atoms. The summed E-state index contributed by atoms with van der Waals surface area (Å²) in [7, 11) is -3.89. The van der Waals surface area contributed by atoms with Gasteiger partial charge in [0.05, 0.1) is 0 Å². The van der Waals surface area contributed by atoms with Crippen LogP contribution in [0.4, 0.5) is 4.39 Å². The topological polar surface area (TPSA) is 72.2 Å². The van der Waals surface area contributed by atoms with Gasteiger partial charge in [0.1, 0.15) is 10.7 Å². The number of halogens is 2. The first-order valence-corrected chi connectivity index (χ1v) is 8.79. The Kier molecular flexibility index (Phi) is 6.57. The average Bonchev–Trinajstić information content (AvgIpc) is 2.37. The molecule has 7 heteroatoms. The average molecular weight is 367 g/mol. The van der Waals surface area contributed by atoms with Crippen molar-refractivity contribution in [3.8, 4) is 0 Å². The molecule has 0 saturated carbocycles.